The monoisotopic (exact) mass is 727 g/mol. The van der Waals surface area contributed by atoms with Gasteiger partial charge in [0, 0.05) is 32.8 Å². The zero-order chi connectivity index (χ0) is 37.7. The van der Waals surface area contributed by atoms with E-state index in [1.54, 1.807) is 0 Å². The van der Waals surface area contributed by atoms with Crippen LogP contribution in [0.1, 0.15) is 0 Å². The van der Waals surface area contributed by atoms with E-state index in [2.05, 4.69) is 158 Å². The number of furan rings is 1. The standard InChI is InChI=1S/C53H33N3O/c1-4-16-34(17-5-1)38-30-39(35-18-6-2-7-19-35)32-40(31-38)52-54-51(37-21-8-3-9-22-37)55-53(56-52)45-28-15-29-48-49(45)47-33-46(43-25-12-13-26-44(43)50(47)57-48)42-27-14-23-36-20-10-11-24-41(36)42/h1-33H. The van der Waals surface area contributed by atoms with Gasteiger partial charge in [0.1, 0.15) is 11.2 Å². The van der Waals surface area contributed by atoms with Gasteiger partial charge in [0.15, 0.2) is 17.5 Å². The summed E-state index contributed by atoms with van der Waals surface area (Å²) in [6.07, 6.45) is 0. The third-order valence-electron chi connectivity index (χ3n) is 10.9. The van der Waals surface area contributed by atoms with Gasteiger partial charge in [-0.15, -0.1) is 0 Å². The molecule has 0 amide bonds. The minimum Gasteiger partial charge on any atom is -0.455 e. The van der Waals surface area contributed by atoms with Crippen LogP contribution in [0.3, 0.4) is 0 Å². The average molecular weight is 728 g/mol. The van der Waals surface area contributed by atoms with Gasteiger partial charge in [-0.1, -0.05) is 170 Å². The highest BCUT2D eigenvalue weighted by Gasteiger charge is 2.21. The van der Waals surface area contributed by atoms with Gasteiger partial charge in [-0.05, 0) is 79.9 Å². The van der Waals surface area contributed by atoms with Gasteiger partial charge in [0.25, 0.3) is 0 Å². The van der Waals surface area contributed by atoms with Crippen molar-refractivity contribution in [3.8, 4) is 67.5 Å². The van der Waals surface area contributed by atoms with Crippen LogP contribution in [0, 0.1) is 0 Å². The molecule has 11 rings (SSSR count). The quantitative estimate of drug-likeness (QED) is 0.171. The Morgan fingerprint density at radius 3 is 1.51 bits per heavy atom. The van der Waals surface area contributed by atoms with Crippen LogP contribution < -0.4 is 0 Å². The van der Waals surface area contributed by atoms with Crippen molar-refractivity contribution >= 4 is 43.5 Å². The average Bonchev–Trinajstić information content (AvgIpc) is 3.68. The minimum absolute atomic E-state index is 0.582. The number of rotatable bonds is 6. The molecule has 0 bridgehead atoms. The molecule has 0 spiro atoms. The molecule has 0 atom stereocenters. The second-order valence-corrected chi connectivity index (χ2v) is 14.4. The summed E-state index contributed by atoms with van der Waals surface area (Å²) >= 11 is 0. The van der Waals surface area contributed by atoms with Crippen LogP contribution in [-0.4, -0.2) is 15.0 Å². The normalized spacial score (nSPS) is 11.5. The Labute approximate surface area is 329 Å². The Bertz CT molecular complexity index is 3220. The molecule has 57 heavy (non-hydrogen) atoms. The Morgan fingerprint density at radius 1 is 0.298 bits per heavy atom. The van der Waals surface area contributed by atoms with Gasteiger partial charge in [0.2, 0.25) is 0 Å². The first-order valence-corrected chi connectivity index (χ1v) is 19.2. The van der Waals surface area contributed by atoms with Crippen molar-refractivity contribution in [2.45, 2.75) is 0 Å². The summed E-state index contributed by atoms with van der Waals surface area (Å²) in [6, 6.07) is 69.8. The first-order valence-electron chi connectivity index (χ1n) is 19.2. The van der Waals surface area contributed by atoms with Gasteiger partial charge in [-0.2, -0.15) is 0 Å². The number of hydrogen-bond donors (Lipinski definition) is 0. The molecule has 0 saturated carbocycles. The smallest absolute Gasteiger partial charge is 0.164 e. The zero-order valence-electron chi connectivity index (χ0n) is 30.8. The molecule has 266 valence electrons. The molecule has 9 aromatic carbocycles. The van der Waals surface area contributed by atoms with E-state index in [-0.39, 0.29) is 0 Å². The van der Waals surface area contributed by atoms with Crippen LogP contribution in [0.25, 0.3) is 111 Å². The van der Waals surface area contributed by atoms with Crippen LogP contribution in [0.4, 0.5) is 0 Å². The summed E-state index contributed by atoms with van der Waals surface area (Å²) in [6.45, 7) is 0. The van der Waals surface area contributed by atoms with Crippen molar-refractivity contribution in [2.75, 3.05) is 0 Å². The van der Waals surface area contributed by atoms with Crippen molar-refractivity contribution in [3.05, 3.63) is 200 Å². The van der Waals surface area contributed by atoms with Crippen LogP contribution >= 0.6 is 0 Å². The molecule has 0 radical (unpaired) electrons. The summed E-state index contributed by atoms with van der Waals surface area (Å²) < 4.78 is 6.79. The minimum atomic E-state index is 0.582. The van der Waals surface area contributed by atoms with Crippen LogP contribution in [0.2, 0.25) is 0 Å². The SMILES string of the molecule is c1ccc(-c2cc(-c3ccccc3)cc(-c3nc(-c4ccccc4)nc(-c4cccc5oc6c7ccccc7c(-c7cccc8ccccc78)cc6c45)n3)c2)cc1. The summed E-state index contributed by atoms with van der Waals surface area (Å²) in [5.74, 6) is 1.78. The molecule has 0 aliphatic rings. The maximum absolute atomic E-state index is 6.79. The maximum atomic E-state index is 6.79. The lowest BCUT2D eigenvalue weighted by atomic mass is 9.91. The number of fused-ring (bicyclic) bond motifs is 6. The third-order valence-corrected chi connectivity index (χ3v) is 10.9. The van der Waals surface area contributed by atoms with Crippen LogP contribution in [0.5, 0.6) is 0 Å². The first kappa shape index (κ1) is 32.7. The van der Waals surface area contributed by atoms with Gasteiger partial charge in [-0.25, -0.2) is 15.0 Å². The molecule has 11 aromatic rings. The molecule has 4 heteroatoms. The van der Waals surface area contributed by atoms with E-state index in [9.17, 15) is 0 Å². The van der Waals surface area contributed by atoms with E-state index in [1.807, 2.05) is 42.5 Å². The van der Waals surface area contributed by atoms with Crippen molar-refractivity contribution in [1.82, 2.24) is 15.0 Å². The highest BCUT2D eigenvalue weighted by atomic mass is 16.3. The number of nitrogens with zero attached hydrogens (tertiary/aromatic N) is 3. The van der Waals surface area contributed by atoms with E-state index in [4.69, 9.17) is 19.4 Å². The van der Waals surface area contributed by atoms with Crippen molar-refractivity contribution < 1.29 is 4.42 Å². The summed E-state index contributed by atoms with van der Waals surface area (Å²) in [7, 11) is 0. The fourth-order valence-corrected chi connectivity index (χ4v) is 8.21. The number of benzene rings is 9. The molecule has 0 fully saturated rings. The van der Waals surface area contributed by atoms with Gasteiger partial charge in [-0.3, -0.25) is 0 Å². The van der Waals surface area contributed by atoms with Gasteiger partial charge >= 0.3 is 0 Å². The van der Waals surface area contributed by atoms with E-state index < -0.39 is 0 Å². The second kappa shape index (κ2) is 13.6. The zero-order valence-corrected chi connectivity index (χ0v) is 30.8. The van der Waals surface area contributed by atoms with Crippen molar-refractivity contribution in [3.63, 3.8) is 0 Å². The van der Waals surface area contributed by atoms with Crippen LogP contribution in [-0.2, 0) is 0 Å². The lowest BCUT2D eigenvalue weighted by molar-refractivity contribution is 0.673. The highest BCUT2D eigenvalue weighted by Crippen LogP contribution is 2.44. The second-order valence-electron chi connectivity index (χ2n) is 14.4. The fraction of sp³-hybridized carbons (Fsp3) is 0. The predicted octanol–water partition coefficient (Wildman–Crippen LogP) is 14.1. The number of hydrogen-bond acceptors (Lipinski definition) is 4. The molecule has 2 aromatic heterocycles. The van der Waals surface area contributed by atoms with E-state index in [0.29, 0.717) is 17.5 Å². The maximum Gasteiger partial charge on any atom is 0.164 e. The van der Waals surface area contributed by atoms with Gasteiger partial charge in [0.05, 0.1) is 0 Å². The number of aromatic nitrogens is 3. The largest absolute Gasteiger partial charge is 0.455 e. The third kappa shape index (κ3) is 5.74. The molecule has 4 nitrogen and oxygen atoms in total. The Morgan fingerprint density at radius 2 is 0.807 bits per heavy atom. The summed E-state index contributed by atoms with van der Waals surface area (Å²) in [4.78, 5) is 15.7. The van der Waals surface area contributed by atoms with Crippen LogP contribution in [0.15, 0.2) is 205 Å². The fourth-order valence-electron chi connectivity index (χ4n) is 8.21. The molecule has 0 aliphatic carbocycles. The molecule has 0 unspecified atom stereocenters. The predicted molar refractivity (Wildman–Crippen MR) is 235 cm³/mol. The topological polar surface area (TPSA) is 51.8 Å². The van der Waals surface area contributed by atoms with E-state index in [1.165, 1.54) is 16.3 Å². The summed E-state index contributed by atoms with van der Waals surface area (Å²) in [5.41, 5.74) is 11.1. The molecule has 0 saturated heterocycles. The van der Waals surface area contributed by atoms with E-state index >= 15 is 0 Å². The lowest BCUT2D eigenvalue weighted by Gasteiger charge is -2.13. The molecule has 0 aliphatic heterocycles. The molecule has 0 N–H and O–H groups in total. The molecular formula is C53H33N3O. The highest BCUT2D eigenvalue weighted by molar-refractivity contribution is 6.23. The van der Waals surface area contributed by atoms with E-state index in [0.717, 1.165) is 77.2 Å². The van der Waals surface area contributed by atoms with Gasteiger partial charge < -0.3 is 4.42 Å². The molecule has 2 heterocycles. The lowest BCUT2D eigenvalue weighted by Crippen LogP contribution is -2.01. The summed E-state index contributed by atoms with van der Waals surface area (Å²) in [5, 5.41) is 6.60. The van der Waals surface area contributed by atoms with Crippen molar-refractivity contribution in [2.24, 2.45) is 0 Å². The Hall–Kier alpha value is -7.69. The van der Waals surface area contributed by atoms with Crippen molar-refractivity contribution in [1.29, 1.82) is 0 Å². The molecular weight excluding hydrogens is 695 g/mol. The Balaban J connectivity index is 1.18. The first-order chi connectivity index (χ1) is 28.2. The Kier molecular flexibility index (Phi) is 7.78.